The van der Waals surface area contributed by atoms with Crippen molar-refractivity contribution >= 4 is 32.5 Å². The third kappa shape index (κ3) is 4.22. The van der Waals surface area contributed by atoms with Crippen LogP contribution in [0.2, 0.25) is 0 Å². The number of hydrogen-bond donors (Lipinski definition) is 1. The monoisotopic (exact) mass is 444 g/mol. The number of piperidine rings is 1. The summed E-state index contributed by atoms with van der Waals surface area (Å²) in [4.78, 5) is 12.9. The number of carbonyl (C=O) groups excluding carboxylic acids is 1. The van der Waals surface area contributed by atoms with Gasteiger partial charge in [-0.25, -0.2) is 12.8 Å². The number of carbonyl (C=O) groups is 1. The van der Waals surface area contributed by atoms with Crippen molar-refractivity contribution < 1.29 is 22.0 Å². The third-order valence-electron chi connectivity index (χ3n) is 5.81. The van der Waals surface area contributed by atoms with Crippen LogP contribution in [-0.2, 0) is 10.0 Å². The first-order chi connectivity index (χ1) is 14.8. The van der Waals surface area contributed by atoms with E-state index in [1.165, 1.54) is 18.2 Å². The molecule has 1 saturated heterocycles. The van der Waals surface area contributed by atoms with Crippen molar-refractivity contribution in [3.05, 3.63) is 59.6 Å². The van der Waals surface area contributed by atoms with Crippen molar-refractivity contribution in [1.82, 2.24) is 4.31 Å². The first kappa shape index (κ1) is 21.5. The van der Waals surface area contributed by atoms with Gasteiger partial charge in [-0.15, -0.1) is 0 Å². The lowest BCUT2D eigenvalue weighted by molar-refractivity contribution is 0.0981. The first-order valence-corrected chi connectivity index (χ1v) is 11.8. The number of nitrogens with one attached hydrogen (secondary N) is 1. The molecule has 1 N–H and O–H groups in total. The number of rotatable bonds is 6. The number of Topliss-reactive ketones (excluding diaryl/α,β-unsaturated/α-hetero) is 1. The summed E-state index contributed by atoms with van der Waals surface area (Å²) in [5, 5.41) is 3.57. The van der Waals surface area contributed by atoms with Gasteiger partial charge in [-0.3, -0.25) is 4.79 Å². The molecule has 8 heteroatoms. The fourth-order valence-corrected chi connectivity index (χ4v) is 5.73. The van der Waals surface area contributed by atoms with Gasteiger partial charge in [0.25, 0.3) is 0 Å². The lowest BCUT2D eigenvalue weighted by atomic mass is 10.1. The highest BCUT2D eigenvalue weighted by Gasteiger charge is 2.30. The fraction of sp³-hybridized carbons (Fsp3) is 0.348. The molecule has 3 aromatic rings. The lowest BCUT2D eigenvalue weighted by Crippen LogP contribution is -2.41. The molecule has 2 heterocycles. The molecule has 0 spiro atoms. The molecule has 0 aliphatic carbocycles. The van der Waals surface area contributed by atoms with Gasteiger partial charge in [0, 0.05) is 29.2 Å². The molecule has 0 radical (unpaired) electrons. The van der Waals surface area contributed by atoms with E-state index in [0.717, 1.165) is 19.3 Å². The second-order valence-corrected chi connectivity index (χ2v) is 9.85. The van der Waals surface area contributed by atoms with E-state index in [9.17, 15) is 17.6 Å². The predicted octanol–water partition coefficient (Wildman–Crippen LogP) is 4.74. The maximum absolute atomic E-state index is 13.5. The average molecular weight is 445 g/mol. The van der Waals surface area contributed by atoms with Crippen LogP contribution in [0.25, 0.3) is 11.0 Å². The molecule has 4 rings (SSSR count). The summed E-state index contributed by atoms with van der Waals surface area (Å²) in [6.45, 7) is 4.17. The zero-order valence-electron chi connectivity index (χ0n) is 17.5. The minimum atomic E-state index is -3.53. The van der Waals surface area contributed by atoms with E-state index >= 15 is 0 Å². The van der Waals surface area contributed by atoms with Crippen molar-refractivity contribution in [3.8, 4) is 0 Å². The zero-order valence-corrected chi connectivity index (χ0v) is 18.3. The van der Waals surface area contributed by atoms with E-state index < -0.39 is 10.0 Å². The molecule has 1 aliphatic heterocycles. The van der Waals surface area contributed by atoms with Crippen molar-refractivity contribution in [2.24, 2.45) is 0 Å². The number of furan rings is 1. The zero-order chi connectivity index (χ0) is 22.2. The number of nitrogens with zero attached hydrogens (tertiary/aromatic N) is 1. The minimum absolute atomic E-state index is 0.00491. The van der Waals surface area contributed by atoms with E-state index in [4.69, 9.17) is 4.42 Å². The third-order valence-corrected chi connectivity index (χ3v) is 7.84. The largest absolute Gasteiger partial charge is 0.453 e. The summed E-state index contributed by atoms with van der Waals surface area (Å²) in [5.41, 5.74) is 1.68. The van der Waals surface area contributed by atoms with Gasteiger partial charge in [-0.1, -0.05) is 6.42 Å². The minimum Gasteiger partial charge on any atom is -0.453 e. The Morgan fingerprint density at radius 1 is 1.19 bits per heavy atom. The summed E-state index contributed by atoms with van der Waals surface area (Å²) in [6.07, 6.45) is 2.79. The van der Waals surface area contributed by atoms with Crippen LogP contribution in [0.5, 0.6) is 0 Å². The molecule has 1 unspecified atom stereocenters. The van der Waals surface area contributed by atoms with Crippen LogP contribution >= 0.6 is 0 Å². The normalized spacial score (nSPS) is 17.7. The smallest absolute Gasteiger partial charge is 0.243 e. The number of halogens is 1. The van der Waals surface area contributed by atoms with Gasteiger partial charge in [-0.05, 0) is 69.2 Å². The number of benzene rings is 2. The van der Waals surface area contributed by atoms with Gasteiger partial charge >= 0.3 is 0 Å². The Balaban J connectivity index is 1.45. The molecule has 1 aliphatic rings. The van der Waals surface area contributed by atoms with Gasteiger partial charge in [0.05, 0.1) is 11.4 Å². The van der Waals surface area contributed by atoms with Gasteiger partial charge in [0.1, 0.15) is 11.4 Å². The number of ketones is 1. The molecule has 164 valence electrons. The van der Waals surface area contributed by atoms with Crippen molar-refractivity contribution in [3.63, 3.8) is 0 Å². The highest BCUT2D eigenvalue weighted by Crippen LogP contribution is 2.27. The molecule has 0 amide bonds. The van der Waals surface area contributed by atoms with E-state index in [1.807, 2.05) is 6.92 Å². The van der Waals surface area contributed by atoms with E-state index in [2.05, 4.69) is 5.32 Å². The Bertz CT molecular complexity index is 1220. The highest BCUT2D eigenvalue weighted by atomic mass is 32.2. The van der Waals surface area contributed by atoms with E-state index in [-0.39, 0.29) is 34.8 Å². The molecular formula is C23H25FN2O4S. The molecule has 0 saturated carbocycles. The SMILES string of the molecule is Cc1c(C(=O)CNc2ccc(S(=O)(=O)N3CCCCC3C)cc2)oc2ccc(F)cc12. The van der Waals surface area contributed by atoms with Crippen LogP contribution in [0.4, 0.5) is 10.1 Å². The summed E-state index contributed by atoms with van der Waals surface area (Å²) in [7, 11) is -3.53. The number of hydrogen-bond acceptors (Lipinski definition) is 5. The molecule has 2 aromatic carbocycles. The maximum atomic E-state index is 13.5. The van der Waals surface area contributed by atoms with Gasteiger partial charge in [-0.2, -0.15) is 4.31 Å². The molecular weight excluding hydrogens is 419 g/mol. The van der Waals surface area contributed by atoms with Crippen LogP contribution in [0.15, 0.2) is 51.8 Å². The van der Waals surface area contributed by atoms with Crippen LogP contribution in [0, 0.1) is 12.7 Å². The van der Waals surface area contributed by atoms with Crippen molar-refractivity contribution in [2.45, 2.75) is 44.0 Å². The lowest BCUT2D eigenvalue weighted by Gasteiger charge is -2.32. The molecule has 0 bridgehead atoms. The van der Waals surface area contributed by atoms with Gasteiger partial charge in [0.2, 0.25) is 15.8 Å². The molecule has 1 aromatic heterocycles. The maximum Gasteiger partial charge on any atom is 0.243 e. The van der Waals surface area contributed by atoms with Crippen LogP contribution < -0.4 is 5.32 Å². The quantitative estimate of drug-likeness (QED) is 0.556. The standard InChI is InChI=1S/C23H25FN2O4S/c1-15-5-3-4-12-26(15)31(28,29)19-9-7-18(8-10-19)25-14-21(27)23-16(2)20-13-17(24)6-11-22(20)30-23/h6-11,13,15,25H,3-5,12,14H2,1-2H3. The Kier molecular flexibility index (Phi) is 5.85. The van der Waals surface area contributed by atoms with Gasteiger partial charge in [0.15, 0.2) is 5.76 Å². The number of sulfonamides is 1. The molecule has 1 fully saturated rings. The number of aryl methyl sites for hydroxylation is 1. The first-order valence-electron chi connectivity index (χ1n) is 10.3. The van der Waals surface area contributed by atoms with Crippen LogP contribution in [0.3, 0.4) is 0 Å². The van der Waals surface area contributed by atoms with Crippen LogP contribution in [0.1, 0.15) is 42.3 Å². The fourth-order valence-electron chi connectivity index (χ4n) is 4.03. The van der Waals surface area contributed by atoms with E-state index in [1.54, 1.807) is 35.5 Å². The van der Waals surface area contributed by atoms with E-state index in [0.29, 0.717) is 28.8 Å². The van der Waals surface area contributed by atoms with Gasteiger partial charge < -0.3 is 9.73 Å². The summed E-state index contributed by atoms with van der Waals surface area (Å²) < 4.78 is 46.5. The average Bonchev–Trinajstić information content (AvgIpc) is 3.08. The predicted molar refractivity (Wildman–Crippen MR) is 117 cm³/mol. The molecule has 1 atom stereocenters. The van der Waals surface area contributed by atoms with Crippen molar-refractivity contribution in [1.29, 1.82) is 0 Å². The topological polar surface area (TPSA) is 79.6 Å². The summed E-state index contributed by atoms with van der Waals surface area (Å²) in [5.74, 6) is -0.471. The van der Waals surface area contributed by atoms with Crippen LogP contribution in [-0.4, -0.2) is 37.6 Å². The second-order valence-electron chi connectivity index (χ2n) is 7.96. The van der Waals surface area contributed by atoms with Crippen molar-refractivity contribution in [2.75, 3.05) is 18.4 Å². The summed E-state index contributed by atoms with van der Waals surface area (Å²) >= 11 is 0. The Morgan fingerprint density at radius 3 is 2.65 bits per heavy atom. The Hall–Kier alpha value is -2.71. The Morgan fingerprint density at radius 2 is 1.94 bits per heavy atom. The summed E-state index contributed by atoms with van der Waals surface area (Å²) in [6, 6.07) is 10.5. The molecule has 31 heavy (non-hydrogen) atoms. The highest BCUT2D eigenvalue weighted by molar-refractivity contribution is 7.89. The number of anilines is 1. The molecule has 6 nitrogen and oxygen atoms in total. The Labute approximate surface area is 181 Å². The second kappa shape index (κ2) is 8.43. The number of fused-ring (bicyclic) bond motifs is 1.